The second-order valence-electron chi connectivity index (χ2n) is 4.51. The van der Waals surface area contributed by atoms with Crippen LogP contribution in [0.15, 0.2) is 42.6 Å². The van der Waals surface area contributed by atoms with Crippen molar-refractivity contribution in [1.29, 1.82) is 0 Å². The first-order chi connectivity index (χ1) is 9.15. The Kier molecular flexibility index (Phi) is 2.56. The monoisotopic (exact) mass is 252 g/mol. The highest BCUT2D eigenvalue weighted by Gasteiger charge is 2.08. The first kappa shape index (κ1) is 11.5. The maximum absolute atomic E-state index is 11.0. The second-order valence-corrected chi connectivity index (χ2v) is 4.51. The molecule has 2 N–H and O–H groups in total. The normalized spacial score (nSPS) is 10.8. The molecule has 19 heavy (non-hydrogen) atoms. The summed E-state index contributed by atoms with van der Waals surface area (Å²) in [7, 11) is 0. The van der Waals surface area contributed by atoms with Gasteiger partial charge >= 0.3 is 5.97 Å². The van der Waals surface area contributed by atoms with Crippen LogP contribution in [0.3, 0.4) is 0 Å². The molecule has 2 aromatic carbocycles. The van der Waals surface area contributed by atoms with E-state index in [1.54, 1.807) is 24.4 Å². The maximum atomic E-state index is 11.0. The van der Waals surface area contributed by atoms with Gasteiger partial charge in [-0.05, 0) is 47.9 Å². The predicted molar refractivity (Wildman–Crippen MR) is 73.2 cm³/mol. The Hall–Kier alpha value is -2.62. The number of benzene rings is 2. The van der Waals surface area contributed by atoms with Gasteiger partial charge < -0.3 is 5.11 Å². The molecule has 0 aliphatic heterocycles. The van der Waals surface area contributed by atoms with E-state index < -0.39 is 5.97 Å². The van der Waals surface area contributed by atoms with Gasteiger partial charge in [-0.1, -0.05) is 12.1 Å². The number of nitrogens with one attached hydrogen (secondary N) is 1. The Morgan fingerprint density at radius 1 is 1.26 bits per heavy atom. The van der Waals surface area contributed by atoms with Crippen molar-refractivity contribution < 1.29 is 9.90 Å². The summed E-state index contributed by atoms with van der Waals surface area (Å²) in [6.45, 7) is 2.01. The van der Waals surface area contributed by atoms with Crippen LogP contribution in [0.25, 0.3) is 22.0 Å². The number of aromatic amines is 1. The second kappa shape index (κ2) is 4.24. The number of rotatable bonds is 2. The van der Waals surface area contributed by atoms with Gasteiger partial charge in [0.2, 0.25) is 0 Å². The molecule has 0 spiro atoms. The van der Waals surface area contributed by atoms with Gasteiger partial charge in [0.05, 0.1) is 17.3 Å². The van der Waals surface area contributed by atoms with E-state index in [1.807, 2.05) is 25.1 Å². The number of fused-ring (bicyclic) bond motifs is 1. The molecule has 0 atom stereocenters. The molecule has 1 aromatic heterocycles. The fraction of sp³-hybridized carbons (Fsp3) is 0.0667. The molecule has 3 aromatic rings. The Balaban J connectivity index is 2.20. The van der Waals surface area contributed by atoms with Gasteiger partial charge in [0.1, 0.15) is 0 Å². The third kappa shape index (κ3) is 1.97. The summed E-state index contributed by atoms with van der Waals surface area (Å²) in [5.74, 6) is -0.915. The van der Waals surface area contributed by atoms with E-state index >= 15 is 0 Å². The van der Waals surface area contributed by atoms with E-state index in [4.69, 9.17) is 5.11 Å². The van der Waals surface area contributed by atoms with Gasteiger partial charge in [0.25, 0.3) is 0 Å². The van der Waals surface area contributed by atoms with Crippen LogP contribution in [-0.2, 0) is 0 Å². The first-order valence-electron chi connectivity index (χ1n) is 5.92. The molecule has 0 aliphatic carbocycles. The Bertz CT molecular complexity index is 775. The third-order valence-electron chi connectivity index (χ3n) is 3.21. The van der Waals surface area contributed by atoms with Gasteiger partial charge in [0.15, 0.2) is 0 Å². The zero-order chi connectivity index (χ0) is 13.4. The van der Waals surface area contributed by atoms with Gasteiger partial charge in [-0.2, -0.15) is 5.10 Å². The van der Waals surface area contributed by atoms with Gasteiger partial charge in [0, 0.05) is 5.39 Å². The van der Waals surface area contributed by atoms with E-state index in [1.165, 1.54) is 0 Å². The predicted octanol–water partition coefficient (Wildman–Crippen LogP) is 3.24. The van der Waals surface area contributed by atoms with E-state index in [0.717, 1.165) is 27.6 Å². The number of hydrogen-bond acceptors (Lipinski definition) is 2. The average molecular weight is 252 g/mol. The lowest BCUT2D eigenvalue weighted by Crippen LogP contribution is -1.96. The molecule has 0 saturated carbocycles. The Morgan fingerprint density at radius 3 is 2.89 bits per heavy atom. The van der Waals surface area contributed by atoms with Crippen LogP contribution >= 0.6 is 0 Å². The van der Waals surface area contributed by atoms with Crippen molar-refractivity contribution in [3.05, 3.63) is 53.7 Å². The van der Waals surface area contributed by atoms with Crippen molar-refractivity contribution in [3.63, 3.8) is 0 Å². The molecule has 1 heterocycles. The van der Waals surface area contributed by atoms with Crippen LogP contribution in [0, 0.1) is 6.92 Å². The summed E-state index contributed by atoms with van der Waals surface area (Å²) in [4.78, 5) is 11.0. The van der Waals surface area contributed by atoms with Gasteiger partial charge in [-0.3, -0.25) is 5.10 Å². The van der Waals surface area contributed by atoms with E-state index in [2.05, 4.69) is 10.2 Å². The summed E-state index contributed by atoms with van der Waals surface area (Å²) >= 11 is 0. The summed E-state index contributed by atoms with van der Waals surface area (Å²) in [5, 5.41) is 17.0. The summed E-state index contributed by atoms with van der Waals surface area (Å²) in [6, 6.07) is 11.0. The van der Waals surface area contributed by atoms with E-state index in [9.17, 15) is 4.79 Å². The van der Waals surface area contributed by atoms with Gasteiger partial charge in [-0.15, -0.1) is 0 Å². The van der Waals surface area contributed by atoms with Crippen molar-refractivity contribution >= 4 is 16.9 Å². The standard InChI is InChI=1S/C15H12N2O2/c1-9-5-12-8-16-17-14(12)7-13(9)10-3-2-4-11(6-10)15(18)19/h2-8H,1H3,(H,16,17)(H,18,19). The number of hydrogen-bond donors (Lipinski definition) is 2. The topological polar surface area (TPSA) is 66.0 Å². The minimum Gasteiger partial charge on any atom is -0.478 e. The van der Waals surface area contributed by atoms with Crippen molar-refractivity contribution in [3.8, 4) is 11.1 Å². The van der Waals surface area contributed by atoms with Crippen LogP contribution in [0.2, 0.25) is 0 Å². The van der Waals surface area contributed by atoms with Gasteiger partial charge in [-0.25, -0.2) is 4.79 Å². The molecular formula is C15H12N2O2. The highest BCUT2D eigenvalue weighted by molar-refractivity contribution is 5.91. The van der Waals surface area contributed by atoms with Crippen molar-refractivity contribution in [1.82, 2.24) is 10.2 Å². The van der Waals surface area contributed by atoms with Crippen LogP contribution in [0.4, 0.5) is 0 Å². The molecule has 0 aliphatic rings. The SMILES string of the molecule is Cc1cc2cn[nH]c2cc1-c1cccc(C(=O)O)c1. The summed E-state index contributed by atoms with van der Waals surface area (Å²) in [5.41, 5.74) is 4.24. The first-order valence-corrected chi connectivity index (χ1v) is 5.92. The fourth-order valence-electron chi connectivity index (χ4n) is 2.24. The van der Waals surface area contributed by atoms with E-state index in [0.29, 0.717) is 5.56 Å². The van der Waals surface area contributed by atoms with Crippen LogP contribution in [-0.4, -0.2) is 21.3 Å². The van der Waals surface area contributed by atoms with E-state index in [-0.39, 0.29) is 0 Å². The molecule has 0 saturated heterocycles. The molecule has 4 nitrogen and oxygen atoms in total. The molecule has 0 unspecified atom stereocenters. The third-order valence-corrected chi connectivity index (χ3v) is 3.21. The number of aromatic carboxylic acids is 1. The smallest absolute Gasteiger partial charge is 0.335 e. The van der Waals surface area contributed by atoms with Crippen molar-refractivity contribution in [2.75, 3.05) is 0 Å². The van der Waals surface area contributed by atoms with Crippen LogP contribution < -0.4 is 0 Å². The van der Waals surface area contributed by atoms with Crippen molar-refractivity contribution in [2.24, 2.45) is 0 Å². The molecule has 4 heteroatoms. The summed E-state index contributed by atoms with van der Waals surface area (Å²) in [6.07, 6.45) is 1.78. The lowest BCUT2D eigenvalue weighted by molar-refractivity contribution is 0.0697. The van der Waals surface area contributed by atoms with Crippen molar-refractivity contribution in [2.45, 2.75) is 6.92 Å². The lowest BCUT2D eigenvalue weighted by atomic mass is 9.97. The minimum atomic E-state index is -0.915. The van der Waals surface area contributed by atoms with Crippen LogP contribution in [0.1, 0.15) is 15.9 Å². The molecule has 0 amide bonds. The number of aromatic nitrogens is 2. The quantitative estimate of drug-likeness (QED) is 0.735. The number of nitrogens with zero attached hydrogens (tertiary/aromatic N) is 1. The number of carbonyl (C=O) groups is 1. The molecular weight excluding hydrogens is 240 g/mol. The number of aryl methyl sites for hydroxylation is 1. The Morgan fingerprint density at radius 2 is 2.11 bits per heavy atom. The largest absolute Gasteiger partial charge is 0.478 e. The number of carboxylic acids is 1. The number of H-pyrrole nitrogens is 1. The highest BCUT2D eigenvalue weighted by atomic mass is 16.4. The zero-order valence-electron chi connectivity index (χ0n) is 10.3. The average Bonchev–Trinajstić information content (AvgIpc) is 2.85. The number of carboxylic acid groups (broad SMARTS) is 1. The summed E-state index contributed by atoms with van der Waals surface area (Å²) < 4.78 is 0. The Labute approximate surface area is 109 Å². The molecule has 0 radical (unpaired) electrons. The molecule has 3 rings (SSSR count). The zero-order valence-corrected chi connectivity index (χ0v) is 10.3. The molecule has 94 valence electrons. The lowest BCUT2D eigenvalue weighted by Gasteiger charge is -2.07. The molecule has 0 bridgehead atoms. The molecule has 0 fully saturated rings. The van der Waals surface area contributed by atoms with Crippen LogP contribution in [0.5, 0.6) is 0 Å². The fourth-order valence-corrected chi connectivity index (χ4v) is 2.24. The minimum absolute atomic E-state index is 0.293. The maximum Gasteiger partial charge on any atom is 0.335 e. The highest BCUT2D eigenvalue weighted by Crippen LogP contribution is 2.28.